The highest BCUT2D eigenvalue weighted by molar-refractivity contribution is 6.03. The van der Waals surface area contributed by atoms with Crippen molar-refractivity contribution in [3.63, 3.8) is 0 Å². The molecule has 0 bridgehead atoms. The Morgan fingerprint density at radius 3 is 2.53 bits per heavy atom. The smallest absolute Gasteiger partial charge is 0.244 e. The minimum absolute atomic E-state index is 0.239. The summed E-state index contributed by atoms with van der Waals surface area (Å²) in [6.45, 7) is 6.65. The minimum atomic E-state index is -1.15. The van der Waals surface area contributed by atoms with Crippen molar-refractivity contribution in [3.05, 3.63) is 0 Å². The molecule has 0 spiro atoms. The molecule has 0 radical (unpaired) electrons. The Hall–Kier alpha value is -1.37. The fraction of sp³-hybridized carbons (Fsp3) is 0.800. The van der Waals surface area contributed by atoms with Gasteiger partial charge in [0.15, 0.2) is 11.7 Å². The molecule has 1 aliphatic rings. The molecule has 4 nitrogen and oxygen atoms in total. The van der Waals surface area contributed by atoms with Gasteiger partial charge >= 0.3 is 0 Å². The van der Waals surface area contributed by atoms with Gasteiger partial charge in [0.05, 0.1) is 6.07 Å². The Kier molecular flexibility index (Phi) is 5.11. The van der Waals surface area contributed by atoms with E-state index in [4.69, 9.17) is 5.26 Å². The van der Waals surface area contributed by atoms with Gasteiger partial charge in [-0.15, -0.1) is 0 Å². The fourth-order valence-corrected chi connectivity index (χ4v) is 3.52. The van der Waals surface area contributed by atoms with E-state index < -0.39 is 11.8 Å². The molecule has 3 atom stereocenters. The van der Waals surface area contributed by atoms with Crippen LogP contribution in [0.5, 0.6) is 0 Å². The van der Waals surface area contributed by atoms with Crippen LogP contribution in [-0.2, 0) is 9.59 Å². The number of carbonyl (C=O) groups is 2. The van der Waals surface area contributed by atoms with Gasteiger partial charge in [-0.3, -0.25) is 9.59 Å². The average molecular weight is 264 g/mol. The highest BCUT2D eigenvalue weighted by Crippen LogP contribution is 2.43. The van der Waals surface area contributed by atoms with E-state index in [1.165, 1.54) is 13.5 Å². The van der Waals surface area contributed by atoms with Gasteiger partial charge < -0.3 is 5.32 Å². The maximum Gasteiger partial charge on any atom is 0.244 e. The minimum Gasteiger partial charge on any atom is -0.358 e. The van der Waals surface area contributed by atoms with E-state index in [9.17, 15) is 9.59 Å². The SMILES string of the molecule is CNC(=O)[C@H](C#N)C(=O)C[C@H]1C[C@@H](C)CC(C)(C)C1. The largest absolute Gasteiger partial charge is 0.358 e. The Balaban J connectivity index is 2.66. The number of amides is 1. The number of hydrogen-bond acceptors (Lipinski definition) is 3. The second kappa shape index (κ2) is 6.18. The molecule has 0 unspecified atom stereocenters. The molecule has 1 rings (SSSR count). The summed E-state index contributed by atoms with van der Waals surface area (Å²) in [6.07, 6.45) is 3.53. The lowest BCUT2D eigenvalue weighted by Crippen LogP contribution is -2.35. The van der Waals surface area contributed by atoms with Crippen LogP contribution in [0.1, 0.15) is 46.5 Å². The molecule has 0 aliphatic heterocycles. The van der Waals surface area contributed by atoms with E-state index in [1.807, 2.05) is 6.07 Å². The molecule has 0 saturated heterocycles. The zero-order valence-corrected chi connectivity index (χ0v) is 12.3. The van der Waals surface area contributed by atoms with Crippen molar-refractivity contribution in [1.82, 2.24) is 5.32 Å². The number of hydrogen-bond donors (Lipinski definition) is 1. The highest BCUT2D eigenvalue weighted by atomic mass is 16.2. The Morgan fingerprint density at radius 1 is 1.42 bits per heavy atom. The van der Waals surface area contributed by atoms with Crippen molar-refractivity contribution in [1.29, 1.82) is 5.26 Å². The van der Waals surface area contributed by atoms with Gasteiger partial charge in [0.1, 0.15) is 0 Å². The fourth-order valence-electron chi connectivity index (χ4n) is 3.52. The standard InChI is InChI=1S/C15H24N2O2/c1-10-5-11(8-15(2,3)7-10)6-13(18)12(9-16)14(19)17-4/h10-12H,5-8H2,1-4H3,(H,17,19)/t10-,11-,12-/m1/s1. The van der Waals surface area contributed by atoms with E-state index in [-0.39, 0.29) is 11.2 Å². The van der Waals surface area contributed by atoms with Crippen LogP contribution < -0.4 is 5.32 Å². The van der Waals surface area contributed by atoms with Gasteiger partial charge in [0.25, 0.3) is 0 Å². The van der Waals surface area contributed by atoms with Crippen LogP contribution in [0.3, 0.4) is 0 Å². The summed E-state index contributed by atoms with van der Waals surface area (Å²) in [7, 11) is 1.45. The summed E-state index contributed by atoms with van der Waals surface area (Å²) in [6, 6.07) is 1.81. The maximum absolute atomic E-state index is 12.1. The molecule has 0 heterocycles. The first-order valence-corrected chi connectivity index (χ1v) is 6.93. The first kappa shape index (κ1) is 15.7. The van der Waals surface area contributed by atoms with Crippen molar-refractivity contribution in [2.75, 3.05) is 7.05 Å². The summed E-state index contributed by atoms with van der Waals surface area (Å²) in [5.41, 5.74) is 0.248. The predicted molar refractivity (Wildman–Crippen MR) is 73.1 cm³/mol. The lowest BCUT2D eigenvalue weighted by molar-refractivity contribution is -0.132. The molecule has 0 aromatic carbocycles. The molecule has 1 amide bonds. The normalized spacial score (nSPS) is 27.1. The van der Waals surface area contributed by atoms with Crippen LogP contribution in [0.25, 0.3) is 0 Å². The van der Waals surface area contributed by atoms with Crippen molar-refractivity contribution in [2.45, 2.75) is 46.5 Å². The van der Waals surface area contributed by atoms with Gasteiger partial charge in [-0.1, -0.05) is 20.8 Å². The average Bonchev–Trinajstić information content (AvgIpc) is 2.26. The number of Topliss-reactive ketones (excluding diaryl/α,β-unsaturated/α-hetero) is 1. The number of nitriles is 1. The van der Waals surface area contributed by atoms with Crippen LogP contribution in [-0.4, -0.2) is 18.7 Å². The Labute approximate surface area is 115 Å². The third kappa shape index (κ3) is 4.34. The van der Waals surface area contributed by atoms with E-state index in [2.05, 4.69) is 26.1 Å². The third-order valence-corrected chi connectivity index (χ3v) is 3.93. The van der Waals surface area contributed by atoms with Crippen LogP contribution >= 0.6 is 0 Å². The molecule has 19 heavy (non-hydrogen) atoms. The number of nitrogens with one attached hydrogen (secondary N) is 1. The van der Waals surface area contributed by atoms with Crippen molar-refractivity contribution in [2.24, 2.45) is 23.2 Å². The molecular weight excluding hydrogens is 240 g/mol. The first-order chi connectivity index (χ1) is 8.79. The summed E-state index contributed by atoms with van der Waals surface area (Å²) in [5, 5.41) is 11.3. The summed E-state index contributed by atoms with van der Waals surface area (Å²) in [4.78, 5) is 23.5. The number of carbonyl (C=O) groups excluding carboxylic acids is 2. The topological polar surface area (TPSA) is 70.0 Å². The summed E-state index contributed by atoms with van der Waals surface area (Å²) < 4.78 is 0. The van der Waals surface area contributed by atoms with E-state index in [1.54, 1.807) is 0 Å². The lowest BCUT2D eigenvalue weighted by atomic mass is 9.66. The Bertz CT molecular complexity index is 395. The summed E-state index contributed by atoms with van der Waals surface area (Å²) in [5.74, 6) is -0.980. The molecule has 4 heteroatoms. The van der Waals surface area contributed by atoms with Crippen LogP contribution in [0.15, 0.2) is 0 Å². The van der Waals surface area contributed by atoms with Gasteiger partial charge in [-0.25, -0.2) is 0 Å². The zero-order chi connectivity index (χ0) is 14.6. The number of rotatable bonds is 4. The van der Waals surface area contributed by atoms with Crippen molar-refractivity contribution < 1.29 is 9.59 Å². The predicted octanol–water partition coefficient (Wildman–Crippen LogP) is 2.29. The first-order valence-electron chi connectivity index (χ1n) is 6.93. The van der Waals surface area contributed by atoms with Crippen LogP contribution in [0.4, 0.5) is 0 Å². The monoisotopic (exact) mass is 264 g/mol. The zero-order valence-electron chi connectivity index (χ0n) is 12.3. The molecule has 0 aromatic rings. The van der Waals surface area contributed by atoms with Crippen LogP contribution in [0, 0.1) is 34.5 Å². The lowest BCUT2D eigenvalue weighted by Gasteiger charge is -2.39. The molecule has 0 aromatic heterocycles. The van der Waals surface area contributed by atoms with Gasteiger partial charge in [0.2, 0.25) is 5.91 Å². The molecule has 1 fully saturated rings. The molecule has 1 saturated carbocycles. The van der Waals surface area contributed by atoms with E-state index >= 15 is 0 Å². The third-order valence-electron chi connectivity index (χ3n) is 3.93. The highest BCUT2D eigenvalue weighted by Gasteiger charge is 2.35. The van der Waals surface area contributed by atoms with Gasteiger partial charge in [-0.05, 0) is 36.5 Å². The molecular formula is C15H24N2O2. The Morgan fingerprint density at radius 2 is 2.05 bits per heavy atom. The molecule has 1 N–H and O–H groups in total. The number of nitrogens with zero attached hydrogens (tertiary/aromatic N) is 1. The van der Waals surface area contributed by atoms with E-state index in [0.29, 0.717) is 18.3 Å². The van der Waals surface area contributed by atoms with Crippen molar-refractivity contribution >= 4 is 11.7 Å². The van der Waals surface area contributed by atoms with Crippen LogP contribution in [0.2, 0.25) is 0 Å². The second-order valence-electron chi connectivity index (χ2n) is 6.63. The molecule has 1 aliphatic carbocycles. The maximum atomic E-state index is 12.1. The molecule has 106 valence electrons. The summed E-state index contributed by atoms with van der Waals surface area (Å²) >= 11 is 0. The quantitative estimate of drug-likeness (QED) is 0.792. The van der Waals surface area contributed by atoms with Gasteiger partial charge in [0, 0.05) is 13.5 Å². The number of ketones is 1. The van der Waals surface area contributed by atoms with Gasteiger partial charge in [-0.2, -0.15) is 5.26 Å². The van der Waals surface area contributed by atoms with Crippen molar-refractivity contribution in [3.8, 4) is 6.07 Å². The van der Waals surface area contributed by atoms with E-state index in [0.717, 1.165) is 12.8 Å². The second-order valence-corrected chi connectivity index (χ2v) is 6.63.